The number of nitrogens with one attached hydrogen (secondary N) is 2. The van der Waals surface area contributed by atoms with Gasteiger partial charge >= 0.3 is 0 Å². The molecular weight excluding hydrogens is 274 g/mol. The summed E-state index contributed by atoms with van der Waals surface area (Å²) < 4.78 is 0. The van der Waals surface area contributed by atoms with Crippen molar-refractivity contribution in [2.24, 2.45) is 10.9 Å². The standard InChI is InChI=1S/C17H37N5/c1-14(2)22(15(3)4)10-7-9-19-17(18-5)20-12-16-8-11-21(6)13-16/h14-16H,7-13H2,1-6H3,(H2,18,19,20). The van der Waals surface area contributed by atoms with Crippen LogP contribution in [0.1, 0.15) is 40.5 Å². The van der Waals surface area contributed by atoms with Crippen molar-refractivity contribution in [1.82, 2.24) is 20.4 Å². The molecule has 22 heavy (non-hydrogen) atoms. The van der Waals surface area contributed by atoms with Crippen LogP contribution in [-0.4, -0.2) is 74.7 Å². The minimum Gasteiger partial charge on any atom is -0.356 e. The first-order valence-electron chi connectivity index (χ1n) is 8.82. The maximum Gasteiger partial charge on any atom is 0.190 e. The highest BCUT2D eigenvalue weighted by Crippen LogP contribution is 2.12. The van der Waals surface area contributed by atoms with Gasteiger partial charge in [0.2, 0.25) is 0 Å². The normalized spacial score (nSPS) is 20.4. The average Bonchev–Trinajstić information content (AvgIpc) is 2.86. The summed E-state index contributed by atoms with van der Waals surface area (Å²) in [6.07, 6.45) is 2.43. The lowest BCUT2D eigenvalue weighted by Gasteiger charge is -2.30. The molecule has 1 unspecified atom stereocenters. The number of guanidine groups is 1. The Morgan fingerprint density at radius 1 is 1.23 bits per heavy atom. The maximum atomic E-state index is 4.32. The fourth-order valence-corrected chi connectivity index (χ4v) is 3.24. The molecule has 5 nitrogen and oxygen atoms in total. The molecule has 0 radical (unpaired) electrons. The molecule has 0 aromatic rings. The van der Waals surface area contributed by atoms with Crippen LogP contribution in [0.3, 0.4) is 0 Å². The number of nitrogens with zero attached hydrogens (tertiary/aromatic N) is 3. The third kappa shape index (κ3) is 6.97. The van der Waals surface area contributed by atoms with Crippen molar-refractivity contribution < 1.29 is 0 Å². The van der Waals surface area contributed by atoms with Crippen molar-refractivity contribution in [3.63, 3.8) is 0 Å². The molecule has 1 fully saturated rings. The fourth-order valence-electron chi connectivity index (χ4n) is 3.24. The maximum absolute atomic E-state index is 4.32. The molecule has 130 valence electrons. The lowest BCUT2D eigenvalue weighted by atomic mass is 10.1. The van der Waals surface area contributed by atoms with Crippen LogP contribution >= 0.6 is 0 Å². The zero-order valence-corrected chi connectivity index (χ0v) is 15.5. The highest BCUT2D eigenvalue weighted by Gasteiger charge is 2.19. The number of aliphatic imine (C=N–C) groups is 1. The zero-order chi connectivity index (χ0) is 16.5. The quantitative estimate of drug-likeness (QED) is 0.406. The van der Waals surface area contributed by atoms with Crippen LogP contribution in [0.5, 0.6) is 0 Å². The average molecular weight is 312 g/mol. The first kappa shape index (κ1) is 19.2. The lowest BCUT2D eigenvalue weighted by Crippen LogP contribution is -2.42. The Labute approximate surface area is 137 Å². The summed E-state index contributed by atoms with van der Waals surface area (Å²) in [7, 11) is 4.05. The molecule has 1 rings (SSSR count). The van der Waals surface area contributed by atoms with Crippen molar-refractivity contribution in [3.8, 4) is 0 Å². The number of hydrogen-bond donors (Lipinski definition) is 2. The van der Waals surface area contributed by atoms with Crippen molar-refractivity contribution in [2.75, 3.05) is 46.8 Å². The van der Waals surface area contributed by atoms with Gasteiger partial charge in [-0.3, -0.25) is 9.89 Å². The number of likely N-dealkylation sites (tertiary alicyclic amines) is 1. The van der Waals surface area contributed by atoms with Gasteiger partial charge < -0.3 is 15.5 Å². The monoisotopic (exact) mass is 311 g/mol. The largest absolute Gasteiger partial charge is 0.356 e. The molecule has 1 atom stereocenters. The molecule has 1 aliphatic rings. The molecule has 0 aliphatic carbocycles. The Balaban J connectivity index is 2.18. The van der Waals surface area contributed by atoms with Gasteiger partial charge in [-0.2, -0.15) is 0 Å². The van der Waals surface area contributed by atoms with Gasteiger partial charge in [0.15, 0.2) is 5.96 Å². The summed E-state index contributed by atoms with van der Waals surface area (Å²) in [6, 6.07) is 1.22. The van der Waals surface area contributed by atoms with E-state index in [1.807, 2.05) is 7.05 Å². The SMILES string of the molecule is CN=C(NCCCN(C(C)C)C(C)C)NCC1CCN(C)C1. The fraction of sp³-hybridized carbons (Fsp3) is 0.941. The first-order chi connectivity index (χ1) is 10.4. The van der Waals surface area contributed by atoms with Gasteiger partial charge in [0.1, 0.15) is 0 Å². The van der Waals surface area contributed by atoms with Gasteiger partial charge in [-0.15, -0.1) is 0 Å². The van der Waals surface area contributed by atoms with Crippen molar-refractivity contribution in [1.29, 1.82) is 0 Å². The van der Waals surface area contributed by atoms with E-state index in [9.17, 15) is 0 Å². The molecule has 0 aromatic heterocycles. The van der Waals surface area contributed by atoms with E-state index < -0.39 is 0 Å². The summed E-state index contributed by atoms with van der Waals surface area (Å²) in [5, 5.41) is 6.90. The summed E-state index contributed by atoms with van der Waals surface area (Å²) in [4.78, 5) is 9.25. The Morgan fingerprint density at radius 2 is 1.91 bits per heavy atom. The van der Waals surface area contributed by atoms with Crippen molar-refractivity contribution in [3.05, 3.63) is 0 Å². The van der Waals surface area contributed by atoms with E-state index in [2.05, 4.69) is 60.2 Å². The van der Waals surface area contributed by atoms with Gasteiger partial charge in [-0.25, -0.2) is 0 Å². The second-order valence-corrected chi connectivity index (χ2v) is 7.08. The highest BCUT2D eigenvalue weighted by atomic mass is 15.2. The number of rotatable bonds is 8. The Kier molecular flexibility index (Phi) is 8.79. The third-order valence-corrected chi connectivity index (χ3v) is 4.48. The van der Waals surface area contributed by atoms with E-state index in [0.717, 1.165) is 37.9 Å². The van der Waals surface area contributed by atoms with E-state index in [4.69, 9.17) is 0 Å². The van der Waals surface area contributed by atoms with Crippen LogP contribution in [0.4, 0.5) is 0 Å². The van der Waals surface area contributed by atoms with Gasteiger partial charge in [0.05, 0.1) is 0 Å². The Hall–Kier alpha value is -0.810. The topological polar surface area (TPSA) is 42.9 Å². The lowest BCUT2D eigenvalue weighted by molar-refractivity contribution is 0.173. The van der Waals surface area contributed by atoms with Gasteiger partial charge in [-0.1, -0.05) is 0 Å². The van der Waals surface area contributed by atoms with Crippen molar-refractivity contribution >= 4 is 5.96 Å². The van der Waals surface area contributed by atoms with Crippen molar-refractivity contribution in [2.45, 2.75) is 52.6 Å². The van der Waals surface area contributed by atoms with E-state index in [-0.39, 0.29) is 0 Å². The molecule has 0 saturated carbocycles. The molecule has 1 saturated heterocycles. The van der Waals surface area contributed by atoms with Crippen LogP contribution in [0.25, 0.3) is 0 Å². The number of hydrogen-bond acceptors (Lipinski definition) is 3. The highest BCUT2D eigenvalue weighted by molar-refractivity contribution is 5.79. The Morgan fingerprint density at radius 3 is 2.41 bits per heavy atom. The molecule has 0 bridgehead atoms. The molecule has 2 N–H and O–H groups in total. The zero-order valence-electron chi connectivity index (χ0n) is 15.5. The molecule has 0 amide bonds. The molecule has 5 heteroatoms. The Bertz CT molecular complexity index is 319. The molecule has 0 aromatic carbocycles. The van der Waals surface area contributed by atoms with Gasteiger partial charge in [0.25, 0.3) is 0 Å². The molecule has 0 spiro atoms. The minimum absolute atomic E-state index is 0.608. The summed E-state index contributed by atoms with van der Waals surface area (Å²) in [6.45, 7) is 14.6. The predicted molar refractivity (Wildman–Crippen MR) is 96.6 cm³/mol. The second-order valence-electron chi connectivity index (χ2n) is 7.08. The van der Waals surface area contributed by atoms with Gasteiger partial charge in [-0.05, 0) is 60.0 Å². The summed E-state index contributed by atoms with van der Waals surface area (Å²) in [5.41, 5.74) is 0. The molecule has 1 aliphatic heterocycles. The molecule has 1 heterocycles. The van der Waals surface area contributed by atoms with E-state index in [1.54, 1.807) is 0 Å². The minimum atomic E-state index is 0.608. The van der Waals surface area contributed by atoms with Crippen LogP contribution in [-0.2, 0) is 0 Å². The van der Waals surface area contributed by atoms with Crippen LogP contribution in [0, 0.1) is 5.92 Å². The molecular formula is C17H37N5. The van der Waals surface area contributed by atoms with E-state index >= 15 is 0 Å². The van der Waals surface area contributed by atoms with Crippen LogP contribution in [0.15, 0.2) is 4.99 Å². The predicted octanol–water partition coefficient (Wildman–Crippen LogP) is 1.61. The second kappa shape index (κ2) is 10.1. The summed E-state index contributed by atoms with van der Waals surface area (Å²) >= 11 is 0. The van der Waals surface area contributed by atoms with Crippen LogP contribution < -0.4 is 10.6 Å². The third-order valence-electron chi connectivity index (χ3n) is 4.48. The smallest absolute Gasteiger partial charge is 0.190 e. The van der Waals surface area contributed by atoms with E-state index in [0.29, 0.717) is 12.1 Å². The summed E-state index contributed by atoms with van der Waals surface area (Å²) in [5.74, 6) is 1.69. The first-order valence-corrected chi connectivity index (χ1v) is 8.82. The van der Waals surface area contributed by atoms with Crippen LogP contribution in [0.2, 0.25) is 0 Å². The van der Waals surface area contributed by atoms with E-state index in [1.165, 1.54) is 19.5 Å². The van der Waals surface area contributed by atoms with Gasteiger partial charge in [0, 0.05) is 45.3 Å².